The number of rotatable bonds is 9. The fraction of sp³-hybridized carbons (Fsp3) is 0.270. The van der Waals surface area contributed by atoms with Crippen molar-refractivity contribution < 1.29 is 0 Å². The van der Waals surface area contributed by atoms with Gasteiger partial charge in [0.2, 0.25) is 0 Å². The Labute approximate surface area is 400 Å². The minimum absolute atomic E-state index is 0.0682. The Balaban J connectivity index is 1.04. The third-order valence-corrected chi connectivity index (χ3v) is 17.8. The van der Waals surface area contributed by atoms with Crippen molar-refractivity contribution in [1.82, 2.24) is 0 Å². The van der Waals surface area contributed by atoms with Crippen molar-refractivity contribution in [3.05, 3.63) is 199 Å². The Hall–Kier alpha value is -5.45. The molecular formula is C63H58IN. The minimum Gasteiger partial charge on any atom is -0.309 e. The lowest BCUT2D eigenvalue weighted by atomic mass is 9.64. The molecule has 322 valence electrons. The molecule has 0 N–H and O–H groups in total. The molecule has 4 fully saturated rings. The largest absolute Gasteiger partial charge is 0.309 e. The van der Waals surface area contributed by atoms with Crippen molar-refractivity contribution in [2.45, 2.75) is 76.0 Å². The van der Waals surface area contributed by atoms with Gasteiger partial charge >= 0.3 is 0 Å². The summed E-state index contributed by atoms with van der Waals surface area (Å²) >= 11 is 2.67. The lowest BCUT2D eigenvalue weighted by Crippen LogP contribution is -2.34. The van der Waals surface area contributed by atoms with Crippen molar-refractivity contribution in [1.29, 1.82) is 0 Å². The van der Waals surface area contributed by atoms with Gasteiger partial charge in [-0.1, -0.05) is 207 Å². The highest BCUT2D eigenvalue weighted by Crippen LogP contribution is 2.61. The average molecular weight is 956 g/mol. The quantitative estimate of drug-likeness (QED) is 0.103. The maximum Gasteiger partial charge on any atom is 0.0543 e. The topological polar surface area (TPSA) is 3.24 Å². The molecule has 1 nitrogen and oxygen atoms in total. The van der Waals surface area contributed by atoms with E-state index in [4.69, 9.17) is 0 Å². The van der Waals surface area contributed by atoms with Gasteiger partial charge in [0.15, 0.2) is 0 Å². The summed E-state index contributed by atoms with van der Waals surface area (Å²) in [5.41, 5.74) is 18.7. The summed E-state index contributed by atoms with van der Waals surface area (Å²) in [5, 5.41) is 2.56. The molecule has 4 atom stereocenters. The van der Waals surface area contributed by atoms with E-state index < -0.39 is 0 Å². The monoisotopic (exact) mass is 955 g/mol. The van der Waals surface area contributed by atoms with Gasteiger partial charge in [0.05, 0.1) is 11.4 Å². The maximum atomic E-state index is 2.67. The summed E-state index contributed by atoms with van der Waals surface area (Å²) in [4.78, 5) is 2.63. The molecule has 0 aromatic heterocycles. The van der Waals surface area contributed by atoms with Crippen LogP contribution in [0.1, 0.15) is 87.3 Å². The van der Waals surface area contributed by atoms with Crippen LogP contribution in [-0.4, -0.2) is 4.43 Å². The molecule has 2 bridgehead atoms. The minimum atomic E-state index is -0.0682. The van der Waals surface area contributed by atoms with Gasteiger partial charge < -0.3 is 4.90 Å². The second-order valence-electron chi connectivity index (χ2n) is 20.0. The standard InChI is InChI=1S/C63H58IN/c1-63(47-20-7-2-4-17-42(39-47)41-64)58-27-14-12-26-56(58)62-59(63)28-16-30-61(62)65(60-29-15-13-25-55(60)53-23-10-11-24-54(53)57-40-43-37-46(57)38-43)48-33-31-45(32-34-48)50-36-35-49(44-18-5-3-6-19-44)51-21-8-9-22-52(50)51/h3,5-6,8-16,18-19,21-36,42-43,46-47,57H,2,4,7,17,20,37-41H2,1H3. The van der Waals surface area contributed by atoms with Crippen LogP contribution in [0.5, 0.6) is 0 Å². The van der Waals surface area contributed by atoms with Crippen LogP contribution in [0.25, 0.3) is 55.3 Å². The molecule has 2 heteroatoms. The lowest BCUT2D eigenvalue weighted by molar-refractivity contribution is 0.239. The van der Waals surface area contributed by atoms with E-state index in [9.17, 15) is 0 Å². The van der Waals surface area contributed by atoms with Crippen LogP contribution in [-0.2, 0) is 5.41 Å². The molecule has 8 aromatic carbocycles. The van der Waals surface area contributed by atoms with Gasteiger partial charge in [0.25, 0.3) is 0 Å². The van der Waals surface area contributed by atoms with E-state index in [0.29, 0.717) is 11.8 Å². The predicted molar refractivity (Wildman–Crippen MR) is 284 cm³/mol. The molecule has 4 saturated carbocycles. The first-order chi connectivity index (χ1) is 32.1. The van der Waals surface area contributed by atoms with Gasteiger partial charge in [-0.25, -0.2) is 0 Å². The molecule has 13 rings (SSSR count). The first-order valence-corrected chi connectivity index (χ1v) is 26.1. The molecule has 8 aromatic rings. The van der Waals surface area contributed by atoms with Gasteiger partial charge in [0.1, 0.15) is 0 Å². The van der Waals surface area contributed by atoms with Crippen LogP contribution >= 0.6 is 22.6 Å². The second-order valence-corrected chi connectivity index (χ2v) is 20.9. The second kappa shape index (κ2) is 17.1. The zero-order valence-corrected chi connectivity index (χ0v) is 39.8. The molecule has 0 amide bonds. The number of hydrogen-bond donors (Lipinski definition) is 0. The highest BCUT2D eigenvalue weighted by Gasteiger charge is 2.48. The zero-order valence-electron chi connectivity index (χ0n) is 37.6. The van der Waals surface area contributed by atoms with Crippen molar-refractivity contribution >= 4 is 50.4 Å². The highest BCUT2D eigenvalue weighted by molar-refractivity contribution is 14.1. The molecule has 5 aliphatic rings. The Morgan fingerprint density at radius 1 is 0.492 bits per heavy atom. The summed E-state index contributed by atoms with van der Waals surface area (Å²) in [5.74, 6) is 3.73. The van der Waals surface area contributed by atoms with E-state index in [1.54, 1.807) is 0 Å². The molecule has 0 aliphatic heterocycles. The molecule has 5 aliphatic carbocycles. The summed E-state index contributed by atoms with van der Waals surface area (Å²) < 4.78 is 1.25. The third-order valence-electron chi connectivity index (χ3n) is 16.6. The van der Waals surface area contributed by atoms with Crippen molar-refractivity contribution in [3.63, 3.8) is 0 Å². The Kier molecular flexibility index (Phi) is 10.8. The molecule has 0 spiro atoms. The smallest absolute Gasteiger partial charge is 0.0543 e. The van der Waals surface area contributed by atoms with E-state index in [1.165, 1.54) is 151 Å². The molecule has 65 heavy (non-hydrogen) atoms. The number of nitrogens with zero attached hydrogens (tertiary/aromatic N) is 1. The summed E-state index contributed by atoms with van der Waals surface area (Å²) in [6.07, 6.45) is 12.1. The average Bonchev–Trinajstić information content (AvgIpc) is 4.04. The van der Waals surface area contributed by atoms with E-state index in [1.807, 2.05) is 0 Å². The van der Waals surface area contributed by atoms with Crippen molar-refractivity contribution in [3.8, 4) is 44.5 Å². The highest BCUT2D eigenvalue weighted by atomic mass is 127. The first kappa shape index (κ1) is 41.0. The molecular weight excluding hydrogens is 898 g/mol. The van der Waals surface area contributed by atoms with E-state index in [2.05, 4.69) is 216 Å². The van der Waals surface area contributed by atoms with Crippen LogP contribution < -0.4 is 4.90 Å². The fourth-order valence-electron chi connectivity index (χ4n) is 13.3. The van der Waals surface area contributed by atoms with Crippen molar-refractivity contribution in [2.75, 3.05) is 9.33 Å². The number of anilines is 3. The SMILES string of the molecule is CC1(C2CCCCCC(CI)C2)c2ccccc2-c2c(N(c3ccc(-c4ccc(-c5ccccc5)c5ccccc45)cc3)c3ccccc3-c3ccccc3C3CC4CC3C4)cccc21. The number of benzene rings is 8. The number of fused-ring (bicyclic) bond motifs is 5. The Morgan fingerprint density at radius 2 is 1.11 bits per heavy atom. The third kappa shape index (κ3) is 7.00. The van der Waals surface area contributed by atoms with Crippen LogP contribution in [0.3, 0.4) is 0 Å². The number of halogens is 1. The van der Waals surface area contributed by atoms with Gasteiger partial charge in [-0.2, -0.15) is 0 Å². The van der Waals surface area contributed by atoms with Crippen molar-refractivity contribution in [2.24, 2.45) is 23.7 Å². The molecule has 0 saturated heterocycles. The van der Waals surface area contributed by atoms with E-state index in [-0.39, 0.29) is 5.41 Å². The zero-order chi connectivity index (χ0) is 43.5. The first-order valence-electron chi connectivity index (χ1n) is 24.5. The number of alkyl halides is 1. The van der Waals surface area contributed by atoms with Gasteiger partial charge in [0, 0.05) is 26.7 Å². The fourth-order valence-corrected chi connectivity index (χ4v) is 14.1. The van der Waals surface area contributed by atoms with Gasteiger partial charge in [-0.15, -0.1) is 0 Å². The Bertz CT molecular complexity index is 3020. The summed E-state index contributed by atoms with van der Waals surface area (Å²) in [7, 11) is 0. The van der Waals surface area contributed by atoms with E-state index >= 15 is 0 Å². The molecule has 4 unspecified atom stereocenters. The molecule has 0 heterocycles. The Morgan fingerprint density at radius 3 is 1.85 bits per heavy atom. The summed E-state index contributed by atoms with van der Waals surface area (Å²) in [6, 6.07) is 69.4. The van der Waals surface area contributed by atoms with Gasteiger partial charge in [-0.05, 0) is 153 Å². The number of para-hydroxylation sites is 1. The van der Waals surface area contributed by atoms with Crippen LogP contribution in [0.4, 0.5) is 17.1 Å². The van der Waals surface area contributed by atoms with Crippen LogP contribution in [0, 0.1) is 23.7 Å². The lowest BCUT2D eigenvalue weighted by Gasteiger charge is -2.40. The normalized spacial score (nSPS) is 23.3. The van der Waals surface area contributed by atoms with Gasteiger partial charge in [-0.3, -0.25) is 0 Å². The summed E-state index contributed by atoms with van der Waals surface area (Å²) in [6.45, 7) is 2.61. The van der Waals surface area contributed by atoms with Crippen LogP contribution in [0.15, 0.2) is 182 Å². The maximum absolute atomic E-state index is 2.67. The predicted octanol–water partition coefficient (Wildman–Crippen LogP) is 18.1. The van der Waals surface area contributed by atoms with Crippen LogP contribution in [0.2, 0.25) is 0 Å². The number of hydrogen-bond acceptors (Lipinski definition) is 1. The van der Waals surface area contributed by atoms with E-state index in [0.717, 1.165) is 17.8 Å². The molecule has 0 radical (unpaired) electrons.